The second-order valence-corrected chi connectivity index (χ2v) is 5.19. The van der Waals surface area contributed by atoms with Crippen molar-refractivity contribution in [3.63, 3.8) is 0 Å². The molecular formula is C12H11BrF3NO2. The Bertz CT molecular complexity index is 516. The van der Waals surface area contributed by atoms with E-state index in [-0.39, 0.29) is 17.9 Å². The van der Waals surface area contributed by atoms with Gasteiger partial charge in [-0.15, -0.1) is 0 Å². The van der Waals surface area contributed by atoms with Gasteiger partial charge in [0, 0.05) is 12.1 Å². The van der Waals surface area contributed by atoms with Crippen LogP contribution in [0.4, 0.5) is 13.2 Å². The first kappa shape index (κ1) is 14.3. The fraction of sp³-hybridized carbons (Fsp3) is 0.417. The lowest BCUT2D eigenvalue weighted by Crippen LogP contribution is -2.34. The van der Waals surface area contributed by atoms with Gasteiger partial charge in [0.25, 0.3) is 0 Å². The van der Waals surface area contributed by atoms with E-state index in [1.165, 1.54) is 12.1 Å². The molecule has 1 aromatic carbocycles. The van der Waals surface area contributed by atoms with Gasteiger partial charge >= 0.3 is 6.18 Å². The topological polar surface area (TPSA) is 49.3 Å². The highest BCUT2D eigenvalue weighted by Gasteiger charge is 2.44. The predicted octanol–water partition coefficient (Wildman–Crippen LogP) is 2.52. The van der Waals surface area contributed by atoms with E-state index in [0.29, 0.717) is 23.0 Å². The Hall–Kier alpha value is -1.08. The molecule has 1 heterocycles. The first-order valence-corrected chi connectivity index (χ1v) is 6.43. The molecule has 0 saturated heterocycles. The van der Waals surface area contributed by atoms with Gasteiger partial charge in [-0.3, -0.25) is 4.79 Å². The molecule has 1 aromatic rings. The quantitative estimate of drug-likeness (QED) is 0.827. The number of phenolic OH excluding ortho intramolecular Hbond substituents is 1. The molecule has 0 aromatic heterocycles. The van der Waals surface area contributed by atoms with E-state index in [1.54, 1.807) is 0 Å². The van der Waals surface area contributed by atoms with E-state index in [4.69, 9.17) is 0 Å². The molecule has 0 fully saturated rings. The van der Waals surface area contributed by atoms with Gasteiger partial charge < -0.3 is 10.4 Å². The maximum absolute atomic E-state index is 12.6. The van der Waals surface area contributed by atoms with Crippen LogP contribution in [0.1, 0.15) is 17.0 Å². The van der Waals surface area contributed by atoms with Gasteiger partial charge in [0.2, 0.25) is 5.78 Å². The van der Waals surface area contributed by atoms with Gasteiger partial charge in [-0.2, -0.15) is 13.2 Å². The van der Waals surface area contributed by atoms with E-state index < -0.39 is 17.9 Å². The van der Waals surface area contributed by atoms with Crippen molar-refractivity contribution < 1.29 is 23.1 Å². The first-order valence-electron chi connectivity index (χ1n) is 5.64. The van der Waals surface area contributed by atoms with Gasteiger partial charge in [0.1, 0.15) is 5.75 Å². The number of carbonyl (C=O) groups is 1. The van der Waals surface area contributed by atoms with E-state index in [1.807, 2.05) is 0 Å². The van der Waals surface area contributed by atoms with Crippen molar-refractivity contribution in [3.05, 3.63) is 27.7 Å². The maximum Gasteiger partial charge on any atom is 0.450 e. The van der Waals surface area contributed by atoms with Gasteiger partial charge in [-0.05, 0) is 40.5 Å². The Balaban J connectivity index is 2.50. The van der Waals surface area contributed by atoms with Gasteiger partial charge in [0.15, 0.2) is 0 Å². The monoisotopic (exact) mass is 337 g/mol. The van der Waals surface area contributed by atoms with Crippen LogP contribution in [0.15, 0.2) is 16.6 Å². The minimum absolute atomic E-state index is 0.0770. The van der Waals surface area contributed by atoms with Crippen LogP contribution >= 0.6 is 15.9 Å². The van der Waals surface area contributed by atoms with E-state index in [9.17, 15) is 23.1 Å². The highest BCUT2D eigenvalue weighted by atomic mass is 79.9. The lowest BCUT2D eigenvalue weighted by atomic mass is 9.90. The van der Waals surface area contributed by atoms with Crippen molar-refractivity contribution in [2.45, 2.75) is 18.5 Å². The third kappa shape index (κ3) is 2.76. The second-order valence-electron chi connectivity index (χ2n) is 4.33. The Labute approximate surface area is 115 Å². The van der Waals surface area contributed by atoms with E-state index in [2.05, 4.69) is 21.2 Å². The molecule has 0 saturated carbocycles. The highest BCUT2D eigenvalue weighted by Crippen LogP contribution is 2.37. The van der Waals surface area contributed by atoms with Crippen LogP contribution in [0, 0.1) is 0 Å². The average molecular weight is 338 g/mol. The second kappa shape index (κ2) is 5.13. The van der Waals surface area contributed by atoms with Crippen molar-refractivity contribution in [2.75, 3.05) is 13.1 Å². The Morgan fingerprint density at radius 1 is 1.42 bits per heavy atom. The number of hydrogen-bond acceptors (Lipinski definition) is 3. The number of halogens is 4. The molecule has 0 bridgehead atoms. The molecule has 0 amide bonds. The van der Waals surface area contributed by atoms with Crippen LogP contribution in [-0.2, 0) is 11.2 Å². The number of carbonyl (C=O) groups excluding carboxylic acids is 1. The zero-order valence-corrected chi connectivity index (χ0v) is 11.3. The minimum atomic E-state index is -4.88. The average Bonchev–Trinajstić information content (AvgIpc) is 2.54. The fourth-order valence-corrected chi connectivity index (χ4v) is 2.59. The summed E-state index contributed by atoms with van der Waals surface area (Å²) in [5.74, 6) is -3.19. The number of phenols is 1. The summed E-state index contributed by atoms with van der Waals surface area (Å²) < 4.78 is 38.2. The Kier molecular flexibility index (Phi) is 3.87. The molecule has 0 spiro atoms. The van der Waals surface area contributed by atoms with Gasteiger partial charge in [-0.1, -0.05) is 6.07 Å². The molecule has 1 aliphatic rings. The minimum Gasteiger partial charge on any atom is -0.506 e. The van der Waals surface area contributed by atoms with Crippen LogP contribution in [-0.4, -0.2) is 30.2 Å². The normalized spacial score (nSPS) is 19.7. The third-order valence-electron chi connectivity index (χ3n) is 3.14. The molecule has 1 unspecified atom stereocenters. The molecule has 3 nitrogen and oxygen atoms in total. The number of Topliss-reactive ketones (excluding diaryl/α,β-unsaturated/α-hetero) is 1. The number of hydrogen-bond donors (Lipinski definition) is 2. The van der Waals surface area contributed by atoms with Crippen molar-refractivity contribution >= 4 is 21.7 Å². The summed E-state index contributed by atoms with van der Waals surface area (Å²) in [6, 6.07) is 2.91. The molecule has 2 rings (SSSR count). The number of ketones is 1. The van der Waals surface area contributed by atoms with Gasteiger partial charge in [-0.25, -0.2) is 0 Å². The van der Waals surface area contributed by atoms with Crippen LogP contribution in [0.5, 0.6) is 5.75 Å². The molecule has 2 N–H and O–H groups in total. The summed E-state index contributed by atoms with van der Waals surface area (Å²) in [5, 5.41) is 12.7. The molecule has 1 atom stereocenters. The van der Waals surface area contributed by atoms with Crippen LogP contribution in [0.25, 0.3) is 0 Å². The Morgan fingerprint density at radius 3 is 2.74 bits per heavy atom. The molecule has 0 aliphatic carbocycles. The largest absolute Gasteiger partial charge is 0.506 e. The first-order chi connectivity index (χ1) is 8.82. The van der Waals surface area contributed by atoms with E-state index in [0.717, 1.165) is 0 Å². The summed E-state index contributed by atoms with van der Waals surface area (Å²) in [5.41, 5.74) is 0.634. The molecule has 0 radical (unpaired) electrons. The molecule has 7 heteroatoms. The summed E-state index contributed by atoms with van der Waals surface area (Å²) >= 11 is 3.12. The molecule has 104 valence electrons. The predicted molar refractivity (Wildman–Crippen MR) is 66.2 cm³/mol. The number of aromatic hydroxyl groups is 1. The summed E-state index contributed by atoms with van der Waals surface area (Å²) in [6.45, 7) is 0.338. The lowest BCUT2D eigenvalue weighted by molar-refractivity contribution is -0.172. The maximum atomic E-state index is 12.6. The number of rotatable bonds is 1. The summed E-state index contributed by atoms with van der Waals surface area (Å²) in [6.07, 6.45) is -4.50. The van der Waals surface area contributed by atoms with Gasteiger partial charge in [0.05, 0.1) is 10.4 Å². The zero-order valence-electron chi connectivity index (χ0n) is 9.72. The van der Waals surface area contributed by atoms with Crippen LogP contribution < -0.4 is 5.32 Å². The van der Waals surface area contributed by atoms with Crippen LogP contribution in [0.3, 0.4) is 0 Å². The van der Waals surface area contributed by atoms with Crippen molar-refractivity contribution in [1.82, 2.24) is 5.32 Å². The zero-order chi connectivity index (χ0) is 14.2. The number of nitrogens with one attached hydrogen (secondary N) is 1. The summed E-state index contributed by atoms with van der Waals surface area (Å²) in [4.78, 5) is 11.5. The van der Waals surface area contributed by atoms with Crippen molar-refractivity contribution in [1.29, 1.82) is 0 Å². The van der Waals surface area contributed by atoms with Crippen molar-refractivity contribution in [2.24, 2.45) is 0 Å². The van der Waals surface area contributed by atoms with E-state index >= 15 is 0 Å². The Morgan fingerprint density at radius 2 is 2.11 bits per heavy atom. The molecule has 1 aliphatic heterocycles. The summed E-state index contributed by atoms with van der Waals surface area (Å²) in [7, 11) is 0. The highest BCUT2D eigenvalue weighted by molar-refractivity contribution is 9.10. The SMILES string of the molecule is O=C(C1CNCCc2c1ccc(Br)c2O)C(F)(F)F. The van der Waals surface area contributed by atoms with Crippen molar-refractivity contribution in [3.8, 4) is 5.75 Å². The number of alkyl halides is 3. The third-order valence-corrected chi connectivity index (χ3v) is 3.78. The number of benzene rings is 1. The van der Waals surface area contributed by atoms with Crippen LogP contribution in [0.2, 0.25) is 0 Å². The molecular weight excluding hydrogens is 327 g/mol. The fourth-order valence-electron chi connectivity index (χ4n) is 2.21. The number of fused-ring (bicyclic) bond motifs is 1. The lowest BCUT2D eigenvalue weighted by Gasteiger charge is -2.18. The standard InChI is InChI=1S/C12H11BrF3NO2/c13-9-2-1-6-7(10(9)18)3-4-17-5-8(6)11(19)12(14,15)16/h1-2,8,17-18H,3-5H2. The molecule has 19 heavy (non-hydrogen) atoms. The smallest absolute Gasteiger partial charge is 0.450 e.